The first-order valence-electron chi connectivity index (χ1n) is 8.20. The molecule has 3 nitrogen and oxygen atoms in total. The highest BCUT2D eigenvalue weighted by atomic mass is 32.1. The maximum absolute atomic E-state index is 11.4. The maximum atomic E-state index is 11.4. The second-order valence-electron chi connectivity index (χ2n) is 6.34. The van der Waals surface area contributed by atoms with Crippen LogP contribution in [0.25, 0.3) is 0 Å². The molecule has 0 aromatic carbocycles. The van der Waals surface area contributed by atoms with E-state index in [-0.39, 0.29) is 5.97 Å². The zero-order valence-electron chi connectivity index (χ0n) is 13.4. The Morgan fingerprint density at radius 3 is 2.71 bits per heavy atom. The van der Waals surface area contributed by atoms with Crippen LogP contribution in [-0.2, 0) is 16.0 Å². The van der Waals surface area contributed by atoms with Crippen molar-refractivity contribution in [1.82, 2.24) is 4.98 Å². The van der Waals surface area contributed by atoms with E-state index in [2.05, 4.69) is 19.2 Å². The first-order valence-corrected chi connectivity index (χ1v) is 9.08. The summed E-state index contributed by atoms with van der Waals surface area (Å²) in [4.78, 5) is 16.1. The fourth-order valence-corrected chi connectivity index (χ4v) is 4.15. The molecule has 0 atom stereocenters. The van der Waals surface area contributed by atoms with Crippen LogP contribution in [0.2, 0.25) is 0 Å². The summed E-state index contributed by atoms with van der Waals surface area (Å²) in [6.07, 6.45) is 6.36. The Hall–Kier alpha value is -0.900. The van der Waals surface area contributed by atoms with Crippen molar-refractivity contribution >= 4 is 17.3 Å². The maximum Gasteiger partial charge on any atom is 0.306 e. The van der Waals surface area contributed by atoms with Gasteiger partial charge in [0.05, 0.1) is 23.7 Å². The minimum absolute atomic E-state index is 0.121. The lowest BCUT2D eigenvalue weighted by Gasteiger charge is -2.29. The first-order chi connectivity index (χ1) is 10.1. The van der Waals surface area contributed by atoms with Crippen molar-refractivity contribution in [1.29, 1.82) is 0 Å². The SMILES string of the molecule is CCOC(=O)CCc1csc(C2CCC(C(C)C)CC2)n1. The quantitative estimate of drug-likeness (QED) is 0.723. The molecule has 21 heavy (non-hydrogen) atoms. The van der Waals surface area contributed by atoms with Crippen molar-refractivity contribution in [3.8, 4) is 0 Å². The lowest BCUT2D eigenvalue weighted by atomic mass is 9.77. The molecule has 0 saturated heterocycles. The summed E-state index contributed by atoms with van der Waals surface area (Å²) in [6.45, 7) is 6.97. The summed E-state index contributed by atoms with van der Waals surface area (Å²) in [5.74, 6) is 2.22. The lowest BCUT2D eigenvalue weighted by molar-refractivity contribution is -0.143. The molecule has 1 aliphatic rings. The van der Waals surface area contributed by atoms with E-state index in [4.69, 9.17) is 9.72 Å². The second-order valence-corrected chi connectivity index (χ2v) is 7.23. The van der Waals surface area contributed by atoms with Crippen molar-refractivity contribution in [2.45, 2.75) is 65.2 Å². The number of aromatic nitrogens is 1. The van der Waals surface area contributed by atoms with Gasteiger partial charge in [0.15, 0.2) is 0 Å². The standard InChI is InChI=1S/C17H27NO2S/c1-4-20-16(19)10-9-15-11-21-17(18-15)14-7-5-13(6-8-14)12(2)3/h11-14H,4-10H2,1-3H3. The van der Waals surface area contributed by atoms with Gasteiger partial charge in [0.1, 0.15) is 0 Å². The molecule has 1 aliphatic carbocycles. The van der Waals surface area contributed by atoms with E-state index in [0.717, 1.165) is 17.5 Å². The van der Waals surface area contributed by atoms with E-state index in [1.54, 1.807) is 11.3 Å². The predicted molar refractivity (Wildman–Crippen MR) is 86.6 cm³/mol. The Labute approximate surface area is 132 Å². The molecule has 0 aliphatic heterocycles. The van der Waals surface area contributed by atoms with Gasteiger partial charge in [0.2, 0.25) is 0 Å². The number of thiazole rings is 1. The van der Waals surface area contributed by atoms with Crippen LogP contribution in [0.15, 0.2) is 5.38 Å². The topological polar surface area (TPSA) is 39.2 Å². The molecule has 0 unspecified atom stereocenters. The van der Waals surface area contributed by atoms with Crippen LogP contribution < -0.4 is 0 Å². The highest BCUT2D eigenvalue weighted by Gasteiger charge is 2.25. The van der Waals surface area contributed by atoms with Gasteiger partial charge >= 0.3 is 5.97 Å². The van der Waals surface area contributed by atoms with E-state index in [1.165, 1.54) is 30.7 Å². The Morgan fingerprint density at radius 1 is 1.38 bits per heavy atom. The van der Waals surface area contributed by atoms with E-state index in [9.17, 15) is 4.79 Å². The smallest absolute Gasteiger partial charge is 0.306 e. The summed E-state index contributed by atoms with van der Waals surface area (Å²) in [7, 11) is 0. The van der Waals surface area contributed by atoms with Crippen LogP contribution in [0.1, 0.15) is 69.5 Å². The average molecular weight is 309 g/mol. The third-order valence-corrected chi connectivity index (χ3v) is 5.58. The van der Waals surface area contributed by atoms with Crippen LogP contribution in [0.5, 0.6) is 0 Å². The fraction of sp³-hybridized carbons (Fsp3) is 0.765. The van der Waals surface area contributed by atoms with E-state index in [1.807, 2.05) is 6.92 Å². The Morgan fingerprint density at radius 2 is 2.10 bits per heavy atom. The van der Waals surface area contributed by atoms with Gasteiger partial charge in [-0.3, -0.25) is 4.79 Å². The molecule has 2 rings (SSSR count). The number of ether oxygens (including phenoxy) is 1. The van der Waals surface area contributed by atoms with E-state index >= 15 is 0 Å². The van der Waals surface area contributed by atoms with Gasteiger partial charge in [-0.25, -0.2) is 4.98 Å². The van der Waals surface area contributed by atoms with Crippen molar-refractivity contribution in [3.63, 3.8) is 0 Å². The second kappa shape index (κ2) is 7.92. The minimum Gasteiger partial charge on any atom is -0.466 e. The van der Waals surface area contributed by atoms with Gasteiger partial charge in [0, 0.05) is 17.7 Å². The van der Waals surface area contributed by atoms with E-state index in [0.29, 0.717) is 25.4 Å². The Balaban J connectivity index is 1.82. The van der Waals surface area contributed by atoms with Crippen molar-refractivity contribution in [2.75, 3.05) is 6.61 Å². The molecule has 0 radical (unpaired) electrons. The number of hydrogen-bond acceptors (Lipinski definition) is 4. The van der Waals surface area contributed by atoms with Crippen molar-refractivity contribution < 1.29 is 9.53 Å². The number of aryl methyl sites for hydroxylation is 1. The zero-order valence-corrected chi connectivity index (χ0v) is 14.2. The molecular formula is C17H27NO2S. The molecule has 1 fully saturated rings. The summed E-state index contributed by atoms with van der Waals surface area (Å²) in [6, 6.07) is 0. The van der Waals surface area contributed by atoms with Crippen molar-refractivity contribution in [2.24, 2.45) is 11.8 Å². The summed E-state index contributed by atoms with van der Waals surface area (Å²) < 4.78 is 4.96. The van der Waals surface area contributed by atoms with Gasteiger partial charge in [0.25, 0.3) is 0 Å². The summed E-state index contributed by atoms with van der Waals surface area (Å²) >= 11 is 1.77. The molecule has 0 spiro atoms. The van der Waals surface area contributed by atoms with E-state index < -0.39 is 0 Å². The molecule has 1 saturated carbocycles. The number of esters is 1. The number of hydrogen-bond donors (Lipinski definition) is 0. The van der Waals surface area contributed by atoms with Crippen LogP contribution in [0.3, 0.4) is 0 Å². The molecule has 1 aromatic rings. The number of carbonyl (C=O) groups is 1. The molecule has 0 amide bonds. The molecule has 118 valence electrons. The van der Waals surface area contributed by atoms with Gasteiger partial charge in [-0.05, 0) is 44.4 Å². The third kappa shape index (κ3) is 4.80. The van der Waals surface area contributed by atoms with Crippen LogP contribution in [-0.4, -0.2) is 17.6 Å². The van der Waals surface area contributed by atoms with Crippen LogP contribution in [0, 0.1) is 11.8 Å². The number of carbonyl (C=O) groups excluding carboxylic acids is 1. The van der Waals surface area contributed by atoms with Crippen molar-refractivity contribution in [3.05, 3.63) is 16.1 Å². The molecular weight excluding hydrogens is 282 g/mol. The predicted octanol–water partition coefficient (Wildman–Crippen LogP) is 4.57. The molecule has 1 heterocycles. The molecule has 1 aromatic heterocycles. The summed E-state index contributed by atoms with van der Waals surface area (Å²) in [5.41, 5.74) is 1.05. The molecule has 0 bridgehead atoms. The Kier molecular flexibility index (Phi) is 6.22. The van der Waals surface area contributed by atoms with Crippen LogP contribution >= 0.6 is 11.3 Å². The Bertz CT molecular complexity index is 447. The average Bonchev–Trinajstić information content (AvgIpc) is 2.94. The fourth-order valence-electron chi connectivity index (χ4n) is 3.12. The monoisotopic (exact) mass is 309 g/mol. The first kappa shape index (κ1) is 16.5. The zero-order chi connectivity index (χ0) is 15.2. The lowest BCUT2D eigenvalue weighted by Crippen LogP contribution is -2.17. The number of rotatable bonds is 6. The van der Waals surface area contributed by atoms with Gasteiger partial charge < -0.3 is 4.74 Å². The van der Waals surface area contributed by atoms with Gasteiger partial charge in [-0.15, -0.1) is 11.3 Å². The largest absolute Gasteiger partial charge is 0.466 e. The highest BCUT2D eigenvalue weighted by Crippen LogP contribution is 2.39. The number of nitrogens with zero attached hydrogens (tertiary/aromatic N) is 1. The van der Waals surface area contributed by atoms with Crippen LogP contribution in [0.4, 0.5) is 0 Å². The third-order valence-electron chi connectivity index (χ3n) is 4.52. The molecule has 0 N–H and O–H groups in total. The van der Waals surface area contributed by atoms with Gasteiger partial charge in [-0.1, -0.05) is 13.8 Å². The minimum atomic E-state index is -0.121. The van der Waals surface area contributed by atoms with Gasteiger partial charge in [-0.2, -0.15) is 0 Å². The summed E-state index contributed by atoms with van der Waals surface area (Å²) in [5, 5.41) is 3.39. The highest BCUT2D eigenvalue weighted by molar-refractivity contribution is 7.09. The normalized spacial score (nSPS) is 22.5. The molecule has 4 heteroatoms.